The van der Waals surface area contributed by atoms with Crippen LogP contribution in [0.3, 0.4) is 0 Å². The molecular formula is C17H14ClN3O3. The Labute approximate surface area is 143 Å². The topological polar surface area (TPSA) is 78.1 Å². The molecule has 7 heteroatoms. The van der Waals surface area contributed by atoms with E-state index in [1.54, 1.807) is 42.6 Å². The Balaban J connectivity index is 1.50. The van der Waals surface area contributed by atoms with Crippen molar-refractivity contribution in [1.82, 2.24) is 15.1 Å². The van der Waals surface area contributed by atoms with Gasteiger partial charge < -0.3 is 9.26 Å². The van der Waals surface area contributed by atoms with Gasteiger partial charge >= 0.3 is 5.97 Å². The zero-order chi connectivity index (χ0) is 16.8. The van der Waals surface area contributed by atoms with Crippen LogP contribution in [-0.2, 0) is 22.6 Å². The second kappa shape index (κ2) is 7.70. The van der Waals surface area contributed by atoms with Crippen molar-refractivity contribution < 1.29 is 14.1 Å². The summed E-state index contributed by atoms with van der Waals surface area (Å²) in [5, 5.41) is 4.53. The summed E-state index contributed by atoms with van der Waals surface area (Å²) in [6, 6.07) is 12.6. The monoisotopic (exact) mass is 343 g/mol. The number of pyridine rings is 1. The predicted octanol–water partition coefficient (Wildman–Crippen LogP) is 3.46. The number of hydrogen-bond acceptors (Lipinski definition) is 6. The van der Waals surface area contributed by atoms with E-state index in [2.05, 4.69) is 15.1 Å². The van der Waals surface area contributed by atoms with Gasteiger partial charge in [0.25, 0.3) is 0 Å². The molecule has 0 saturated heterocycles. The first-order valence-electron chi connectivity index (χ1n) is 7.35. The second-order valence-corrected chi connectivity index (χ2v) is 5.44. The zero-order valence-corrected chi connectivity index (χ0v) is 13.4. The van der Waals surface area contributed by atoms with Gasteiger partial charge in [0.15, 0.2) is 0 Å². The van der Waals surface area contributed by atoms with Crippen LogP contribution >= 0.6 is 11.6 Å². The highest BCUT2D eigenvalue weighted by atomic mass is 35.5. The van der Waals surface area contributed by atoms with Gasteiger partial charge in [-0.25, -0.2) is 0 Å². The summed E-state index contributed by atoms with van der Waals surface area (Å²) in [6.45, 7) is 0.152. The standard InChI is InChI=1S/C17H14ClN3O3/c18-13-6-4-12(5-7-13)17-20-15(24-21-17)8-9-16(22)23-11-14-3-1-2-10-19-14/h1-7,10H,8-9,11H2. The Morgan fingerprint density at radius 1 is 1.17 bits per heavy atom. The third-order valence-electron chi connectivity index (χ3n) is 3.22. The van der Waals surface area contributed by atoms with Crippen LogP contribution in [0.1, 0.15) is 18.0 Å². The number of benzene rings is 1. The number of ether oxygens (including phenoxy) is 1. The average molecular weight is 344 g/mol. The number of halogens is 1. The van der Waals surface area contributed by atoms with Gasteiger partial charge in [-0.2, -0.15) is 4.98 Å². The van der Waals surface area contributed by atoms with Crippen LogP contribution in [0.5, 0.6) is 0 Å². The lowest BCUT2D eigenvalue weighted by Crippen LogP contribution is -2.06. The molecule has 0 bridgehead atoms. The summed E-state index contributed by atoms with van der Waals surface area (Å²) in [5.41, 5.74) is 1.50. The van der Waals surface area contributed by atoms with Crippen LogP contribution in [0, 0.1) is 0 Å². The molecule has 2 aromatic heterocycles. The molecule has 3 rings (SSSR count). The Kier molecular flexibility index (Phi) is 5.18. The summed E-state index contributed by atoms with van der Waals surface area (Å²) in [7, 11) is 0. The molecule has 0 unspecified atom stereocenters. The van der Waals surface area contributed by atoms with Crippen LogP contribution in [0.4, 0.5) is 0 Å². The van der Waals surface area contributed by atoms with E-state index >= 15 is 0 Å². The number of aromatic nitrogens is 3. The molecule has 0 aliphatic carbocycles. The van der Waals surface area contributed by atoms with Crippen LogP contribution < -0.4 is 0 Å². The SMILES string of the molecule is O=C(CCc1nc(-c2ccc(Cl)cc2)no1)OCc1ccccn1. The van der Waals surface area contributed by atoms with Gasteiger partial charge in [-0.1, -0.05) is 22.8 Å². The van der Waals surface area contributed by atoms with Crippen LogP contribution in [0.2, 0.25) is 5.02 Å². The van der Waals surface area contributed by atoms with Crippen molar-refractivity contribution in [2.24, 2.45) is 0 Å². The number of rotatable bonds is 6. The van der Waals surface area contributed by atoms with Crippen molar-refractivity contribution in [2.75, 3.05) is 0 Å². The maximum Gasteiger partial charge on any atom is 0.306 e. The quantitative estimate of drug-likeness (QED) is 0.638. The van der Waals surface area contributed by atoms with Crippen molar-refractivity contribution >= 4 is 17.6 Å². The van der Waals surface area contributed by atoms with E-state index in [4.69, 9.17) is 20.9 Å². The van der Waals surface area contributed by atoms with E-state index in [9.17, 15) is 4.79 Å². The van der Waals surface area contributed by atoms with Gasteiger partial charge in [-0.15, -0.1) is 0 Å². The molecule has 0 amide bonds. The fourth-order valence-corrected chi connectivity index (χ4v) is 2.12. The second-order valence-electron chi connectivity index (χ2n) is 5.00. The van der Waals surface area contributed by atoms with Gasteiger partial charge in [0.2, 0.25) is 11.7 Å². The first-order valence-corrected chi connectivity index (χ1v) is 7.72. The molecular weight excluding hydrogens is 330 g/mol. The lowest BCUT2D eigenvalue weighted by Gasteiger charge is -2.02. The van der Waals surface area contributed by atoms with E-state index in [0.717, 1.165) is 5.56 Å². The van der Waals surface area contributed by atoms with E-state index in [-0.39, 0.29) is 19.0 Å². The molecule has 2 heterocycles. The fourth-order valence-electron chi connectivity index (χ4n) is 1.99. The predicted molar refractivity (Wildman–Crippen MR) is 87.1 cm³/mol. The van der Waals surface area contributed by atoms with Crippen molar-refractivity contribution in [3.63, 3.8) is 0 Å². The number of esters is 1. The normalized spacial score (nSPS) is 10.5. The van der Waals surface area contributed by atoms with Crippen LogP contribution in [0.15, 0.2) is 53.2 Å². The molecule has 6 nitrogen and oxygen atoms in total. The molecule has 0 aliphatic rings. The van der Waals surface area contributed by atoms with E-state index in [1.807, 2.05) is 6.07 Å². The molecule has 1 aromatic carbocycles. The number of nitrogens with zero attached hydrogens (tertiary/aromatic N) is 3. The summed E-state index contributed by atoms with van der Waals surface area (Å²) in [5.74, 6) is 0.505. The van der Waals surface area contributed by atoms with Crippen LogP contribution in [0.25, 0.3) is 11.4 Å². The molecule has 0 fully saturated rings. The summed E-state index contributed by atoms with van der Waals surface area (Å²) in [4.78, 5) is 20.1. The summed E-state index contributed by atoms with van der Waals surface area (Å²) < 4.78 is 10.3. The molecule has 0 spiro atoms. The molecule has 0 radical (unpaired) electrons. The zero-order valence-electron chi connectivity index (χ0n) is 12.7. The number of carbonyl (C=O) groups is 1. The molecule has 0 atom stereocenters. The molecule has 0 N–H and O–H groups in total. The Hall–Kier alpha value is -2.73. The van der Waals surface area contributed by atoms with E-state index < -0.39 is 0 Å². The highest BCUT2D eigenvalue weighted by molar-refractivity contribution is 6.30. The lowest BCUT2D eigenvalue weighted by molar-refractivity contribution is -0.145. The fraction of sp³-hybridized carbons (Fsp3) is 0.176. The van der Waals surface area contributed by atoms with Gasteiger partial charge in [-0.3, -0.25) is 9.78 Å². The third kappa shape index (κ3) is 4.39. The molecule has 0 saturated carbocycles. The molecule has 24 heavy (non-hydrogen) atoms. The minimum absolute atomic E-state index is 0.152. The molecule has 3 aromatic rings. The minimum atomic E-state index is -0.341. The highest BCUT2D eigenvalue weighted by Crippen LogP contribution is 2.19. The summed E-state index contributed by atoms with van der Waals surface area (Å²) >= 11 is 5.84. The van der Waals surface area contributed by atoms with Crippen molar-refractivity contribution in [3.05, 3.63) is 65.3 Å². The van der Waals surface area contributed by atoms with Gasteiger partial charge in [0.05, 0.1) is 12.1 Å². The highest BCUT2D eigenvalue weighted by Gasteiger charge is 2.11. The smallest absolute Gasteiger partial charge is 0.306 e. The average Bonchev–Trinajstić information content (AvgIpc) is 3.09. The van der Waals surface area contributed by atoms with E-state index in [1.165, 1.54) is 0 Å². The Bertz CT molecular complexity index is 803. The lowest BCUT2D eigenvalue weighted by atomic mass is 10.2. The van der Waals surface area contributed by atoms with Crippen molar-refractivity contribution in [3.8, 4) is 11.4 Å². The largest absolute Gasteiger partial charge is 0.459 e. The minimum Gasteiger partial charge on any atom is -0.459 e. The first-order chi connectivity index (χ1) is 11.7. The van der Waals surface area contributed by atoms with Gasteiger partial charge in [-0.05, 0) is 36.4 Å². The number of aryl methyl sites for hydroxylation is 1. The van der Waals surface area contributed by atoms with Gasteiger partial charge in [0, 0.05) is 23.2 Å². The van der Waals surface area contributed by atoms with Gasteiger partial charge in [0.1, 0.15) is 6.61 Å². The summed E-state index contributed by atoms with van der Waals surface area (Å²) in [6.07, 6.45) is 2.14. The number of carbonyl (C=O) groups excluding carboxylic acids is 1. The molecule has 122 valence electrons. The maximum absolute atomic E-state index is 11.7. The first kappa shape index (κ1) is 16.1. The number of hydrogen-bond donors (Lipinski definition) is 0. The van der Waals surface area contributed by atoms with Crippen LogP contribution in [-0.4, -0.2) is 21.1 Å². The molecule has 0 aliphatic heterocycles. The Morgan fingerprint density at radius 2 is 2.00 bits per heavy atom. The van der Waals surface area contributed by atoms with Crippen molar-refractivity contribution in [1.29, 1.82) is 0 Å². The van der Waals surface area contributed by atoms with E-state index in [0.29, 0.717) is 28.9 Å². The van der Waals surface area contributed by atoms with Crippen molar-refractivity contribution in [2.45, 2.75) is 19.4 Å². The maximum atomic E-state index is 11.7. The third-order valence-corrected chi connectivity index (χ3v) is 3.47. The Morgan fingerprint density at radius 3 is 2.75 bits per heavy atom.